The van der Waals surface area contributed by atoms with E-state index < -0.39 is 9.85 Å². The van der Waals surface area contributed by atoms with E-state index in [9.17, 15) is 20.2 Å². The normalized spacial score (nSPS) is 10.7. The van der Waals surface area contributed by atoms with Crippen molar-refractivity contribution < 1.29 is 14.4 Å². The van der Waals surface area contributed by atoms with Crippen LogP contribution in [-0.4, -0.2) is 20.0 Å². The van der Waals surface area contributed by atoms with E-state index in [1.807, 2.05) is 31.2 Å². The molecule has 1 aromatic heterocycles. The van der Waals surface area contributed by atoms with Gasteiger partial charge in [-0.15, -0.1) is 0 Å². The molecule has 0 unspecified atom stereocenters. The van der Waals surface area contributed by atoms with Gasteiger partial charge in [0.2, 0.25) is 5.82 Å². The quantitative estimate of drug-likeness (QED) is 0.359. The summed E-state index contributed by atoms with van der Waals surface area (Å²) in [7, 11) is 0. The molecule has 0 radical (unpaired) electrons. The highest BCUT2D eigenvalue weighted by molar-refractivity contribution is 7.98. The number of benzene rings is 2. The number of thioether (sulfide) groups is 1. The van der Waals surface area contributed by atoms with Crippen LogP contribution in [0.15, 0.2) is 52.2 Å². The molecule has 132 valence electrons. The third-order valence-electron chi connectivity index (χ3n) is 3.46. The molecule has 3 rings (SSSR count). The number of aryl methyl sites for hydroxylation is 1. The molecule has 0 fully saturated rings. The van der Waals surface area contributed by atoms with Crippen LogP contribution in [0.1, 0.15) is 11.1 Å². The van der Waals surface area contributed by atoms with E-state index in [0.717, 1.165) is 29.0 Å². The van der Waals surface area contributed by atoms with Crippen molar-refractivity contribution >= 4 is 23.1 Å². The molecule has 0 aliphatic heterocycles. The fraction of sp³-hybridized carbons (Fsp3) is 0.125. The van der Waals surface area contributed by atoms with Crippen LogP contribution >= 0.6 is 11.8 Å². The van der Waals surface area contributed by atoms with Crippen molar-refractivity contribution in [2.75, 3.05) is 0 Å². The van der Waals surface area contributed by atoms with Gasteiger partial charge in [-0.05, 0) is 12.5 Å². The summed E-state index contributed by atoms with van der Waals surface area (Å²) in [5.74, 6) is 0.649. The topological polar surface area (TPSA) is 125 Å². The standard InChI is InChI=1S/C16H12N4O5S/c1-10-2-4-12(5-3-10)15-17-16(25-18-15)26-9-11-6-13(19(21)22)8-14(7-11)20(23)24/h2-8H,9H2,1H3. The molecule has 9 nitrogen and oxygen atoms in total. The Morgan fingerprint density at radius 2 is 1.65 bits per heavy atom. The molecule has 10 heteroatoms. The van der Waals surface area contributed by atoms with E-state index in [1.54, 1.807) is 0 Å². The van der Waals surface area contributed by atoms with E-state index in [1.165, 1.54) is 12.1 Å². The molecule has 0 amide bonds. The van der Waals surface area contributed by atoms with Crippen LogP contribution < -0.4 is 0 Å². The highest BCUT2D eigenvalue weighted by Crippen LogP contribution is 2.28. The molecule has 1 heterocycles. The van der Waals surface area contributed by atoms with Gasteiger partial charge in [-0.2, -0.15) is 4.98 Å². The maximum absolute atomic E-state index is 10.9. The Kier molecular flexibility index (Phi) is 4.94. The average molecular weight is 372 g/mol. The molecule has 26 heavy (non-hydrogen) atoms. The zero-order chi connectivity index (χ0) is 18.7. The third-order valence-corrected chi connectivity index (χ3v) is 4.35. The van der Waals surface area contributed by atoms with E-state index in [0.29, 0.717) is 11.4 Å². The molecule has 0 aliphatic rings. The van der Waals surface area contributed by atoms with Crippen LogP contribution in [0.3, 0.4) is 0 Å². The summed E-state index contributed by atoms with van der Waals surface area (Å²) in [6, 6.07) is 11.1. The Balaban J connectivity index is 1.76. The summed E-state index contributed by atoms with van der Waals surface area (Å²) in [4.78, 5) is 24.8. The average Bonchev–Trinajstić information content (AvgIpc) is 3.09. The maximum atomic E-state index is 10.9. The van der Waals surface area contributed by atoms with Crippen LogP contribution in [0.5, 0.6) is 0 Å². The van der Waals surface area contributed by atoms with Crippen LogP contribution in [0, 0.1) is 27.2 Å². The molecule has 3 aromatic rings. The van der Waals surface area contributed by atoms with Gasteiger partial charge in [-0.25, -0.2) is 0 Å². The van der Waals surface area contributed by atoms with Crippen molar-refractivity contribution in [1.29, 1.82) is 0 Å². The molecule has 0 bridgehead atoms. The van der Waals surface area contributed by atoms with E-state index >= 15 is 0 Å². The van der Waals surface area contributed by atoms with Crippen molar-refractivity contribution in [1.82, 2.24) is 10.1 Å². The maximum Gasteiger partial charge on any atom is 0.286 e. The van der Waals surface area contributed by atoms with E-state index in [4.69, 9.17) is 4.52 Å². The van der Waals surface area contributed by atoms with Gasteiger partial charge in [0.15, 0.2) is 0 Å². The number of rotatable bonds is 6. The number of hydrogen-bond donors (Lipinski definition) is 0. The lowest BCUT2D eigenvalue weighted by Gasteiger charge is -1.99. The van der Waals surface area contributed by atoms with Gasteiger partial charge in [0.25, 0.3) is 16.6 Å². The Morgan fingerprint density at radius 3 is 2.23 bits per heavy atom. The molecule has 0 N–H and O–H groups in total. The van der Waals surface area contributed by atoms with Gasteiger partial charge in [0.1, 0.15) is 0 Å². The Labute approximate surface area is 151 Å². The minimum Gasteiger partial charge on any atom is -0.327 e. The zero-order valence-electron chi connectivity index (χ0n) is 13.5. The Hall–Kier alpha value is -3.27. The summed E-state index contributed by atoms with van der Waals surface area (Å²) < 4.78 is 5.16. The van der Waals surface area contributed by atoms with Crippen molar-refractivity contribution in [3.8, 4) is 11.4 Å². The number of nitrogens with zero attached hydrogens (tertiary/aromatic N) is 4. The molecule has 0 saturated carbocycles. The summed E-state index contributed by atoms with van der Waals surface area (Å²) in [6.07, 6.45) is 0. The molecule has 0 atom stereocenters. The summed E-state index contributed by atoms with van der Waals surface area (Å²) in [6.45, 7) is 1.97. The van der Waals surface area contributed by atoms with Gasteiger partial charge in [-0.1, -0.05) is 46.7 Å². The van der Waals surface area contributed by atoms with Crippen LogP contribution in [0.25, 0.3) is 11.4 Å². The number of non-ortho nitro benzene ring substituents is 2. The fourth-order valence-electron chi connectivity index (χ4n) is 2.18. The van der Waals surface area contributed by atoms with Gasteiger partial charge in [-0.3, -0.25) is 20.2 Å². The summed E-state index contributed by atoms with van der Waals surface area (Å²) in [5.41, 5.74) is 1.67. The number of hydrogen-bond acceptors (Lipinski definition) is 8. The summed E-state index contributed by atoms with van der Waals surface area (Å²) in [5, 5.41) is 26.0. The number of nitro groups is 2. The van der Waals surface area contributed by atoms with Gasteiger partial charge in [0, 0.05) is 23.4 Å². The second kappa shape index (κ2) is 7.31. The van der Waals surface area contributed by atoms with E-state index in [2.05, 4.69) is 10.1 Å². The zero-order valence-corrected chi connectivity index (χ0v) is 14.3. The minimum absolute atomic E-state index is 0.220. The van der Waals surface area contributed by atoms with Gasteiger partial charge >= 0.3 is 0 Å². The molecular formula is C16H12N4O5S. The first-order valence-corrected chi connectivity index (χ1v) is 8.37. The highest BCUT2D eigenvalue weighted by Gasteiger charge is 2.17. The first-order chi connectivity index (χ1) is 12.4. The SMILES string of the molecule is Cc1ccc(-c2noc(SCc3cc([N+](=O)[O-])cc([N+](=O)[O-])c3)n2)cc1. The van der Waals surface area contributed by atoms with Crippen LogP contribution in [0.4, 0.5) is 11.4 Å². The Morgan fingerprint density at radius 1 is 1.04 bits per heavy atom. The van der Waals surface area contributed by atoms with Crippen molar-refractivity contribution in [3.05, 3.63) is 73.8 Å². The van der Waals surface area contributed by atoms with Gasteiger partial charge < -0.3 is 4.52 Å². The third kappa shape index (κ3) is 4.03. The van der Waals surface area contributed by atoms with Crippen LogP contribution in [0.2, 0.25) is 0 Å². The lowest BCUT2D eigenvalue weighted by Crippen LogP contribution is -1.95. The van der Waals surface area contributed by atoms with Crippen molar-refractivity contribution in [2.45, 2.75) is 17.9 Å². The lowest BCUT2D eigenvalue weighted by molar-refractivity contribution is -0.394. The first-order valence-electron chi connectivity index (χ1n) is 7.38. The van der Waals surface area contributed by atoms with E-state index in [-0.39, 0.29) is 22.4 Å². The monoisotopic (exact) mass is 372 g/mol. The largest absolute Gasteiger partial charge is 0.327 e. The lowest BCUT2D eigenvalue weighted by atomic mass is 10.1. The first kappa shape index (κ1) is 17.5. The number of nitro benzene ring substituents is 2. The molecule has 0 spiro atoms. The predicted octanol–water partition coefficient (Wildman–Crippen LogP) is 4.15. The second-order valence-electron chi connectivity index (χ2n) is 5.41. The van der Waals surface area contributed by atoms with Gasteiger partial charge in [0.05, 0.1) is 15.9 Å². The van der Waals surface area contributed by atoms with Crippen molar-refractivity contribution in [3.63, 3.8) is 0 Å². The summed E-state index contributed by atoms with van der Waals surface area (Å²) >= 11 is 1.15. The molecule has 0 aliphatic carbocycles. The fourth-order valence-corrected chi connectivity index (χ4v) is 2.88. The Bertz CT molecular complexity index is 939. The highest BCUT2D eigenvalue weighted by atomic mass is 32.2. The smallest absolute Gasteiger partial charge is 0.286 e. The molecule has 2 aromatic carbocycles. The van der Waals surface area contributed by atoms with Crippen molar-refractivity contribution in [2.24, 2.45) is 0 Å². The predicted molar refractivity (Wildman–Crippen MR) is 93.8 cm³/mol. The van der Waals surface area contributed by atoms with Crippen LogP contribution in [-0.2, 0) is 5.75 Å². The number of aromatic nitrogens is 2. The molecular weight excluding hydrogens is 360 g/mol. The minimum atomic E-state index is -0.663. The second-order valence-corrected chi connectivity index (χ2v) is 6.34. The molecule has 0 saturated heterocycles.